The van der Waals surface area contributed by atoms with Gasteiger partial charge in [0.1, 0.15) is 12.1 Å². The van der Waals surface area contributed by atoms with Crippen LogP contribution in [0.1, 0.15) is 70.2 Å². The molecule has 1 aliphatic rings. The molecule has 330 valence electrons. The lowest BCUT2D eigenvalue weighted by molar-refractivity contribution is -0.386. The first-order valence-corrected chi connectivity index (χ1v) is 20.8. The summed E-state index contributed by atoms with van der Waals surface area (Å²) in [4.78, 5) is 73.3. The number of pyridine rings is 1. The molecular weight excluding hydrogens is 791 g/mol. The Hall–Kier alpha value is -6.35. The van der Waals surface area contributed by atoms with Gasteiger partial charge in [-0.2, -0.15) is 0 Å². The molecule has 1 aliphatic heterocycles. The summed E-state index contributed by atoms with van der Waals surface area (Å²) in [7, 11) is 0. The van der Waals surface area contributed by atoms with Crippen molar-refractivity contribution in [2.45, 2.75) is 105 Å². The number of aryl methyl sites for hydroxylation is 1. The highest BCUT2D eigenvalue weighted by molar-refractivity contribution is 5.89. The zero-order valence-electron chi connectivity index (χ0n) is 36.5. The summed E-state index contributed by atoms with van der Waals surface area (Å²) in [5.74, 6) is -1.05. The van der Waals surface area contributed by atoms with E-state index in [1.807, 2.05) is 93.6 Å². The summed E-state index contributed by atoms with van der Waals surface area (Å²) in [6.07, 6.45) is -0.416. The number of nitrogens with one attached hydrogen (secondary N) is 3. The van der Waals surface area contributed by atoms with Gasteiger partial charge >= 0.3 is 12.1 Å². The van der Waals surface area contributed by atoms with Gasteiger partial charge in [-0.3, -0.25) is 24.7 Å². The summed E-state index contributed by atoms with van der Waals surface area (Å²) >= 11 is 0. The van der Waals surface area contributed by atoms with Crippen molar-refractivity contribution in [3.63, 3.8) is 0 Å². The first-order valence-electron chi connectivity index (χ1n) is 20.8. The topological polar surface area (TPSA) is 207 Å². The second-order valence-corrected chi connectivity index (χ2v) is 18.2. The first kappa shape index (κ1) is 46.7. The maximum absolute atomic E-state index is 14.6. The van der Waals surface area contributed by atoms with E-state index in [1.165, 1.54) is 9.80 Å². The third-order valence-electron chi connectivity index (χ3n) is 11.1. The lowest BCUT2D eigenvalue weighted by Gasteiger charge is -2.38. The van der Waals surface area contributed by atoms with Gasteiger partial charge in [0.05, 0.1) is 29.3 Å². The van der Waals surface area contributed by atoms with Gasteiger partial charge in [0.25, 0.3) is 5.69 Å². The maximum Gasteiger partial charge on any atom is 0.405 e. The number of aromatic nitrogens is 1. The van der Waals surface area contributed by atoms with Crippen LogP contribution in [0.25, 0.3) is 11.3 Å². The molecule has 5 rings (SSSR count). The van der Waals surface area contributed by atoms with Crippen molar-refractivity contribution in [2.75, 3.05) is 13.1 Å². The molecule has 5 N–H and O–H groups in total. The molecule has 5 atom stereocenters. The zero-order valence-corrected chi connectivity index (χ0v) is 36.5. The van der Waals surface area contributed by atoms with E-state index in [2.05, 4.69) is 20.9 Å². The third kappa shape index (κ3) is 12.1. The number of nitro benzene ring substituents is 1. The van der Waals surface area contributed by atoms with Gasteiger partial charge in [0.2, 0.25) is 11.8 Å². The van der Waals surface area contributed by atoms with Gasteiger partial charge in [-0.15, -0.1) is 0 Å². The second kappa shape index (κ2) is 20.0. The summed E-state index contributed by atoms with van der Waals surface area (Å²) in [5.41, 5.74) is 2.61. The molecule has 2 heterocycles. The van der Waals surface area contributed by atoms with Gasteiger partial charge in [-0.1, -0.05) is 120 Å². The number of aliphatic hydroxyl groups excluding tert-OH is 1. The van der Waals surface area contributed by atoms with Gasteiger partial charge in [-0.25, -0.2) is 9.59 Å². The number of hydrogen-bond donors (Lipinski definition) is 5. The highest BCUT2D eigenvalue weighted by atomic mass is 16.6. The normalized spacial score (nSPS) is 15.6. The number of aliphatic hydroxyl groups is 1. The van der Waals surface area contributed by atoms with Crippen molar-refractivity contribution in [3.05, 3.63) is 130 Å². The van der Waals surface area contributed by atoms with Crippen LogP contribution in [0.5, 0.6) is 0 Å². The van der Waals surface area contributed by atoms with Crippen LogP contribution in [0, 0.1) is 27.9 Å². The SMILES string of the molecule is Cc1cccc(CN2CCN([C@H](C(=O)N[C@@H](Cc3ccccc3)[C@@H](O)C[C@H](Cc3ccc(-c4ccccn4)cc3)NC(=O)[C@@H](NC(=O)O)C(C)(C)C)C(C)(C)C)C2=O)c1[N+](=O)[O-]. The molecule has 4 aromatic rings. The molecular formula is C47H59N7O8. The predicted molar refractivity (Wildman–Crippen MR) is 236 cm³/mol. The number of benzene rings is 3. The molecule has 15 nitrogen and oxygen atoms in total. The maximum atomic E-state index is 14.6. The fourth-order valence-electron chi connectivity index (χ4n) is 8.08. The fourth-order valence-corrected chi connectivity index (χ4v) is 8.08. The summed E-state index contributed by atoms with van der Waals surface area (Å²) in [5, 5.41) is 42.2. The number of amides is 5. The number of carbonyl (C=O) groups is 4. The zero-order chi connectivity index (χ0) is 45.4. The van der Waals surface area contributed by atoms with Crippen molar-refractivity contribution in [1.29, 1.82) is 0 Å². The Morgan fingerprint density at radius 2 is 1.47 bits per heavy atom. The largest absolute Gasteiger partial charge is 0.465 e. The van der Waals surface area contributed by atoms with E-state index in [4.69, 9.17) is 0 Å². The minimum Gasteiger partial charge on any atom is -0.465 e. The number of nitrogens with zero attached hydrogens (tertiary/aromatic N) is 4. The number of rotatable bonds is 17. The average molecular weight is 850 g/mol. The minimum atomic E-state index is -1.35. The number of para-hydroxylation sites is 1. The molecule has 1 aromatic heterocycles. The Labute approximate surface area is 363 Å². The number of hydrogen-bond acceptors (Lipinski definition) is 8. The highest BCUT2D eigenvalue weighted by Gasteiger charge is 2.45. The van der Waals surface area contributed by atoms with E-state index in [1.54, 1.807) is 52.1 Å². The Balaban J connectivity index is 1.42. The Bertz CT molecular complexity index is 2190. The van der Waals surface area contributed by atoms with Crippen LogP contribution in [0.15, 0.2) is 97.2 Å². The number of nitro groups is 1. The molecule has 0 spiro atoms. The van der Waals surface area contributed by atoms with Crippen LogP contribution < -0.4 is 16.0 Å². The standard InChI is InChI=1S/C47H59N7O8/c1-30-14-13-17-34(39(30)54(61)62)29-52-24-25-53(45(52)60)41(47(5,6)7)43(57)50-37(27-31-15-9-8-10-16-31)38(55)28-35(49-42(56)40(46(2,3)4)51-44(58)59)26-32-19-21-33(22-20-32)36-18-11-12-23-48-36/h8-23,35,37-38,40-41,51,55H,24-29H2,1-7H3,(H,49,56)(H,50,57)(H,58,59)/t35-,37-,38-,40+,41+/m0/s1. The predicted octanol–water partition coefficient (Wildman–Crippen LogP) is 6.51. The van der Waals surface area contributed by atoms with Crippen LogP contribution in [0.2, 0.25) is 0 Å². The van der Waals surface area contributed by atoms with Crippen LogP contribution >= 0.6 is 0 Å². The molecule has 1 saturated heterocycles. The summed E-state index contributed by atoms with van der Waals surface area (Å²) in [6.45, 7) is 12.9. The van der Waals surface area contributed by atoms with Crippen LogP contribution in [0.3, 0.4) is 0 Å². The molecule has 5 amide bonds. The van der Waals surface area contributed by atoms with E-state index < -0.39 is 70.0 Å². The average Bonchev–Trinajstić information content (AvgIpc) is 3.54. The van der Waals surface area contributed by atoms with E-state index in [0.29, 0.717) is 11.1 Å². The first-order chi connectivity index (χ1) is 29.2. The summed E-state index contributed by atoms with van der Waals surface area (Å²) in [6, 6.07) is 23.5. The van der Waals surface area contributed by atoms with Crippen LogP contribution in [-0.2, 0) is 29.0 Å². The Kier molecular flexibility index (Phi) is 15.1. The molecule has 0 aliphatic carbocycles. The number of urea groups is 1. The van der Waals surface area contributed by atoms with E-state index in [0.717, 1.165) is 22.4 Å². The van der Waals surface area contributed by atoms with E-state index >= 15 is 0 Å². The Morgan fingerprint density at radius 3 is 2.06 bits per heavy atom. The van der Waals surface area contributed by atoms with Gasteiger partial charge in [-0.05, 0) is 60.3 Å². The van der Waals surface area contributed by atoms with Crippen molar-refractivity contribution < 1.29 is 34.3 Å². The highest BCUT2D eigenvalue weighted by Crippen LogP contribution is 2.31. The van der Waals surface area contributed by atoms with Crippen molar-refractivity contribution in [2.24, 2.45) is 10.8 Å². The van der Waals surface area contributed by atoms with Crippen molar-refractivity contribution >= 4 is 29.6 Å². The smallest absolute Gasteiger partial charge is 0.405 e. The van der Waals surface area contributed by atoms with Gasteiger partial charge in [0.15, 0.2) is 0 Å². The molecule has 0 radical (unpaired) electrons. The fraction of sp³-hybridized carbons (Fsp3) is 0.426. The van der Waals surface area contributed by atoms with Crippen LogP contribution in [0.4, 0.5) is 15.3 Å². The lowest BCUT2D eigenvalue weighted by Crippen LogP contribution is -2.59. The molecule has 0 bridgehead atoms. The monoisotopic (exact) mass is 849 g/mol. The minimum absolute atomic E-state index is 0.00180. The molecule has 62 heavy (non-hydrogen) atoms. The molecule has 3 aromatic carbocycles. The van der Waals surface area contributed by atoms with E-state index in [-0.39, 0.29) is 44.6 Å². The summed E-state index contributed by atoms with van der Waals surface area (Å²) < 4.78 is 0. The molecule has 0 saturated carbocycles. The number of carboxylic acid groups (broad SMARTS) is 1. The molecule has 15 heteroatoms. The lowest BCUT2D eigenvalue weighted by atomic mass is 9.84. The molecule has 1 fully saturated rings. The second-order valence-electron chi connectivity index (χ2n) is 18.2. The van der Waals surface area contributed by atoms with Gasteiger partial charge < -0.3 is 36.0 Å². The van der Waals surface area contributed by atoms with Gasteiger partial charge in [0, 0.05) is 42.0 Å². The Morgan fingerprint density at radius 1 is 0.806 bits per heavy atom. The van der Waals surface area contributed by atoms with Crippen molar-refractivity contribution in [1.82, 2.24) is 30.7 Å². The van der Waals surface area contributed by atoms with Crippen LogP contribution in [-0.4, -0.2) is 97.2 Å². The van der Waals surface area contributed by atoms with Crippen molar-refractivity contribution in [3.8, 4) is 11.3 Å². The number of carbonyl (C=O) groups excluding carboxylic acids is 3. The quantitative estimate of drug-likeness (QED) is 0.0579. The molecule has 0 unspecified atom stereocenters. The van der Waals surface area contributed by atoms with E-state index in [9.17, 15) is 39.5 Å². The third-order valence-corrected chi connectivity index (χ3v) is 11.1.